The highest BCUT2D eigenvalue weighted by Crippen LogP contribution is 2.20. The van der Waals surface area contributed by atoms with Crippen molar-refractivity contribution < 1.29 is 24.5 Å². The first-order valence-electron chi connectivity index (χ1n) is 7.70. The summed E-state index contributed by atoms with van der Waals surface area (Å²) in [5.41, 5.74) is -1.61. The lowest BCUT2D eigenvalue weighted by molar-refractivity contribution is -0.107. The predicted octanol–water partition coefficient (Wildman–Crippen LogP) is 1.97. The summed E-state index contributed by atoms with van der Waals surface area (Å²) in [6.07, 6.45) is 0. The second-order valence-electron chi connectivity index (χ2n) is 7.58. The third-order valence-electron chi connectivity index (χ3n) is 3.34. The van der Waals surface area contributed by atoms with E-state index in [9.17, 15) is 4.79 Å². The van der Waals surface area contributed by atoms with Crippen LogP contribution >= 0.6 is 0 Å². The van der Waals surface area contributed by atoms with Crippen molar-refractivity contribution in [2.24, 2.45) is 0 Å². The molecule has 0 saturated carbocycles. The molecule has 0 fully saturated rings. The number of esters is 1. The van der Waals surface area contributed by atoms with Gasteiger partial charge in [0.25, 0.3) is 0 Å². The zero-order valence-corrected chi connectivity index (χ0v) is 15.9. The van der Waals surface area contributed by atoms with Gasteiger partial charge in [0.15, 0.2) is 0 Å². The summed E-state index contributed by atoms with van der Waals surface area (Å²) in [6.45, 7) is 11.7. The summed E-state index contributed by atoms with van der Waals surface area (Å²) in [4.78, 5) is 11.8. The van der Waals surface area contributed by atoms with Crippen LogP contribution in [0.3, 0.4) is 0 Å². The van der Waals surface area contributed by atoms with Gasteiger partial charge in [0.05, 0.1) is 18.3 Å². The van der Waals surface area contributed by atoms with Crippen molar-refractivity contribution in [1.82, 2.24) is 0 Å². The molecule has 5 nitrogen and oxygen atoms in total. The van der Waals surface area contributed by atoms with E-state index < -0.39 is 22.8 Å². The molecule has 0 aromatic heterocycles. The van der Waals surface area contributed by atoms with Gasteiger partial charge in [-0.25, -0.2) is 4.79 Å². The van der Waals surface area contributed by atoms with Crippen LogP contribution in [-0.2, 0) is 4.74 Å². The molecule has 6 heteroatoms. The number of rotatable bonds is 3. The summed E-state index contributed by atoms with van der Waals surface area (Å²) in [5.74, 6) is 0.0126. The molecule has 134 valence electrons. The molecule has 0 aliphatic carbocycles. The highest BCUT2D eigenvalue weighted by atomic mass is 16.6. The lowest BCUT2D eigenvalue weighted by Gasteiger charge is -2.31. The number of methoxy groups -OCH3 is 1. The van der Waals surface area contributed by atoms with Crippen molar-refractivity contribution >= 4 is 19.3 Å². The van der Waals surface area contributed by atoms with E-state index in [1.54, 1.807) is 45.9 Å². The second kappa shape index (κ2) is 8.03. The van der Waals surface area contributed by atoms with Gasteiger partial charge < -0.3 is 19.7 Å². The Kier molecular flexibility index (Phi) is 7.52. The molecule has 0 heterocycles. The molecule has 2 N–H and O–H groups in total. The molecule has 24 heavy (non-hydrogen) atoms. The fraction of sp³-hybridized carbons (Fsp3) is 0.611. The number of hydrogen-bond donors (Lipinski definition) is 2. The molecular formula is C18H29BO5. The zero-order valence-electron chi connectivity index (χ0n) is 15.9. The van der Waals surface area contributed by atoms with E-state index in [1.165, 1.54) is 7.11 Å². The number of aliphatic hydroxyl groups is 2. The fourth-order valence-electron chi connectivity index (χ4n) is 1.21. The van der Waals surface area contributed by atoms with Gasteiger partial charge in [-0.1, -0.05) is 11.5 Å². The van der Waals surface area contributed by atoms with E-state index in [2.05, 4.69) is 0 Å². The van der Waals surface area contributed by atoms with E-state index >= 15 is 0 Å². The van der Waals surface area contributed by atoms with Crippen molar-refractivity contribution in [3.05, 3.63) is 23.8 Å². The van der Waals surface area contributed by atoms with Gasteiger partial charge in [-0.3, -0.25) is 0 Å². The van der Waals surface area contributed by atoms with Crippen LogP contribution < -0.4 is 10.2 Å². The first kappa shape index (κ1) is 22.5. The Labute approximate surface area is 146 Å². The van der Waals surface area contributed by atoms with Crippen molar-refractivity contribution in [3.63, 3.8) is 0 Å². The monoisotopic (exact) mass is 336 g/mol. The molecule has 0 spiro atoms. The maximum atomic E-state index is 11.8. The van der Waals surface area contributed by atoms with Crippen LogP contribution in [-0.4, -0.2) is 47.9 Å². The number of benzene rings is 1. The Balaban J connectivity index is 0.000000561. The molecular weight excluding hydrogens is 307 g/mol. The van der Waals surface area contributed by atoms with Gasteiger partial charge >= 0.3 is 5.97 Å². The first-order valence-corrected chi connectivity index (χ1v) is 7.70. The molecule has 0 aliphatic heterocycles. The first-order chi connectivity index (χ1) is 10.6. The number of ether oxygens (including phenoxy) is 2. The zero-order chi connectivity index (χ0) is 19.3. The summed E-state index contributed by atoms with van der Waals surface area (Å²) in [6, 6.07) is 4.84. The van der Waals surface area contributed by atoms with Gasteiger partial charge in [0, 0.05) is 0 Å². The quantitative estimate of drug-likeness (QED) is 0.652. The predicted molar refractivity (Wildman–Crippen MR) is 96.1 cm³/mol. The molecule has 2 radical (unpaired) electrons. The molecule has 0 bridgehead atoms. The molecule has 0 unspecified atom stereocenters. The van der Waals surface area contributed by atoms with Crippen LogP contribution in [0.1, 0.15) is 58.8 Å². The van der Waals surface area contributed by atoms with Crippen LogP contribution in [0.5, 0.6) is 5.75 Å². The lowest BCUT2D eigenvalue weighted by Crippen LogP contribution is -2.44. The van der Waals surface area contributed by atoms with Crippen LogP contribution in [0.25, 0.3) is 0 Å². The third kappa shape index (κ3) is 7.84. The average Bonchev–Trinajstić information content (AvgIpc) is 2.34. The van der Waals surface area contributed by atoms with Crippen LogP contribution in [0.2, 0.25) is 0 Å². The topological polar surface area (TPSA) is 76.0 Å². The van der Waals surface area contributed by atoms with Crippen molar-refractivity contribution in [1.29, 1.82) is 0 Å². The summed E-state index contributed by atoms with van der Waals surface area (Å²) in [7, 11) is 7.09. The van der Waals surface area contributed by atoms with E-state index in [0.717, 1.165) is 0 Å². The van der Waals surface area contributed by atoms with Crippen LogP contribution in [0.15, 0.2) is 18.2 Å². The Hall–Kier alpha value is -1.53. The molecule has 0 saturated heterocycles. The minimum Gasteiger partial charge on any atom is -0.496 e. The molecule has 0 atom stereocenters. The number of carbonyl (C=O) groups is 1. The molecule has 0 amide bonds. The maximum absolute atomic E-state index is 11.8. The molecule has 1 rings (SSSR count). The van der Waals surface area contributed by atoms with Gasteiger partial charge in [-0.2, -0.15) is 0 Å². The highest BCUT2D eigenvalue weighted by molar-refractivity contribution is 6.32. The summed E-state index contributed by atoms with van der Waals surface area (Å²) < 4.78 is 10.3. The highest BCUT2D eigenvalue weighted by Gasteiger charge is 2.31. The van der Waals surface area contributed by atoms with Gasteiger partial charge in [-0.15, -0.1) is 0 Å². The minimum absolute atomic E-state index is 0.381. The van der Waals surface area contributed by atoms with Crippen molar-refractivity contribution in [3.8, 4) is 5.75 Å². The Bertz CT molecular complexity index is 536. The van der Waals surface area contributed by atoms with Gasteiger partial charge in [-0.05, 0) is 60.6 Å². The molecule has 1 aromatic rings. The van der Waals surface area contributed by atoms with Crippen LogP contribution in [0.4, 0.5) is 0 Å². The maximum Gasteiger partial charge on any atom is 0.342 e. The minimum atomic E-state index is -1.01. The van der Waals surface area contributed by atoms with E-state index in [4.69, 9.17) is 27.5 Å². The lowest BCUT2D eigenvalue weighted by atomic mass is 9.90. The van der Waals surface area contributed by atoms with Crippen molar-refractivity contribution in [2.75, 3.05) is 7.11 Å². The largest absolute Gasteiger partial charge is 0.496 e. The molecule has 1 aromatic carbocycles. The Morgan fingerprint density at radius 1 is 1.00 bits per heavy atom. The standard InChI is InChI=1S/C12H15BO3.C6H14O2/c1-12(2,3)16-11(14)9-6-5-8(13)7-10(9)15-4;1-5(2,7)6(3,4)8/h5-7H,1-4H3;7-8H,1-4H3. The second-order valence-corrected chi connectivity index (χ2v) is 7.58. The number of carbonyl (C=O) groups excluding carboxylic acids is 1. The summed E-state index contributed by atoms with van der Waals surface area (Å²) in [5, 5.41) is 18.2. The Morgan fingerprint density at radius 2 is 1.46 bits per heavy atom. The third-order valence-corrected chi connectivity index (χ3v) is 3.34. The van der Waals surface area contributed by atoms with Gasteiger partial charge in [0.1, 0.15) is 24.8 Å². The van der Waals surface area contributed by atoms with Crippen LogP contribution in [0, 0.1) is 0 Å². The van der Waals surface area contributed by atoms with E-state index in [-0.39, 0.29) is 0 Å². The smallest absolute Gasteiger partial charge is 0.342 e. The van der Waals surface area contributed by atoms with E-state index in [0.29, 0.717) is 16.8 Å². The normalized spacial score (nSPS) is 12.1. The number of hydrogen-bond acceptors (Lipinski definition) is 5. The van der Waals surface area contributed by atoms with Crippen molar-refractivity contribution in [2.45, 2.75) is 65.3 Å². The van der Waals surface area contributed by atoms with Gasteiger partial charge in [0.2, 0.25) is 0 Å². The molecule has 0 aliphatic rings. The SMILES string of the molecule is CC(C)(O)C(C)(C)O.[B]c1ccc(C(=O)OC(C)(C)C)c(OC)c1. The Morgan fingerprint density at radius 3 is 1.79 bits per heavy atom. The fourth-order valence-corrected chi connectivity index (χ4v) is 1.21. The van der Waals surface area contributed by atoms with E-state index in [1.807, 2.05) is 20.8 Å². The summed E-state index contributed by atoms with van der Waals surface area (Å²) >= 11 is 0. The average molecular weight is 336 g/mol.